The predicted octanol–water partition coefficient (Wildman–Crippen LogP) is 1.76. The summed E-state index contributed by atoms with van der Waals surface area (Å²) in [5, 5.41) is 2.51. The van der Waals surface area contributed by atoms with E-state index >= 15 is 0 Å². The fourth-order valence-electron chi connectivity index (χ4n) is 1.31. The first-order valence-corrected chi connectivity index (χ1v) is 5.21. The molecule has 0 aliphatic rings. The van der Waals surface area contributed by atoms with Gasteiger partial charge in [-0.05, 0) is 25.1 Å². The van der Waals surface area contributed by atoms with Crippen molar-refractivity contribution in [1.29, 1.82) is 0 Å². The maximum Gasteiger partial charge on any atom is 0.275 e. The van der Waals surface area contributed by atoms with E-state index in [2.05, 4.69) is 15.3 Å². The van der Waals surface area contributed by atoms with Crippen molar-refractivity contribution < 1.29 is 9.18 Å². The Hall–Kier alpha value is -2.50. The molecule has 3 N–H and O–H groups in total. The van der Waals surface area contributed by atoms with Gasteiger partial charge >= 0.3 is 0 Å². The molecule has 0 fully saturated rings. The second kappa shape index (κ2) is 4.79. The van der Waals surface area contributed by atoms with Gasteiger partial charge in [0.25, 0.3) is 5.91 Å². The van der Waals surface area contributed by atoms with Crippen LogP contribution in [-0.4, -0.2) is 15.9 Å². The first kappa shape index (κ1) is 12.0. The molecule has 0 atom stereocenters. The van der Waals surface area contributed by atoms with Crippen LogP contribution in [-0.2, 0) is 0 Å². The number of benzene rings is 1. The van der Waals surface area contributed by atoms with Gasteiger partial charge in [-0.15, -0.1) is 0 Å². The molecule has 0 unspecified atom stereocenters. The summed E-state index contributed by atoms with van der Waals surface area (Å²) in [7, 11) is 0. The predicted molar refractivity (Wildman–Crippen MR) is 65.5 cm³/mol. The maximum absolute atomic E-state index is 13.2. The standard InChI is InChI=1S/C12H11FN4O/c1-7-5-16-11(6-15-7)12(18)17-8-2-3-10(14)9(13)4-8/h2-6H,14H2,1H3,(H,17,18). The van der Waals surface area contributed by atoms with Crippen molar-refractivity contribution >= 4 is 17.3 Å². The summed E-state index contributed by atoms with van der Waals surface area (Å²) >= 11 is 0. The molecule has 2 rings (SSSR count). The molecule has 92 valence electrons. The van der Waals surface area contributed by atoms with Gasteiger partial charge in [-0.25, -0.2) is 9.37 Å². The van der Waals surface area contributed by atoms with Crippen molar-refractivity contribution in [2.75, 3.05) is 11.1 Å². The molecule has 0 bridgehead atoms. The molecule has 18 heavy (non-hydrogen) atoms. The number of halogens is 1. The first-order chi connectivity index (χ1) is 8.56. The monoisotopic (exact) mass is 246 g/mol. The molecule has 0 saturated heterocycles. The van der Waals surface area contributed by atoms with Gasteiger partial charge in [-0.2, -0.15) is 0 Å². The fourth-order valence-corrected chi connectivity index (χ4v) is 1.31. The molecule has 0 aliphatic heterocycles. The second-order valence-electron chi connectivity index (χ2n) is 3.73. The van der Waals surface area contributed by atoms with Crippen LogP contribution in [0.15, 0.2) is 30.6 Å². The van der Waals surface area contributed by atoms with Crippen molar-refractivity contribution in [3.63, 3.8) is 0 Å². The Labute approximate surface area is 103 Å². The highest BCUT2D eigenvalue weighted by Gasteiger charge is 2.09. The summed E-state index contributed by atoms with van der Waals surface area (Å²) in [4.78, 5) is 19.6. The van der Waals surface area contributed by atoms with Crippen LogP contribution in [0.5, 0.6) is 0 Å². The average Bonchev–Trinajstić information content (AvgIpc) is 2.34. The van der Waals surface area contributed by atoms with E-state index in [1.807, 2.05) is 0 Å². The molecule has 0 saturated carbocycles. The SMILES string of the molecule is Cc1cnc(C(=O)Nc2ccc(N)c(F)c2)cn1. The molecule has 1 heterocycles. The zero-order chi connectivity index (χ0) is 13.1. The topological polar surface area (TPSA) is 80.9 Å². The highest BCUT2D eigenvalue weighted by molar-refractivity contribution is 6.02. The number of carbonyl (C=O) groups excluding carboxylic acids is 1. The van der Waals surface area contributed by atoms with Crippen LogP contribution in [0.4, 0.5) is 15.8 Å². The summed E-state index contributed by atoms with van der Waals surface area (Å²) in [6.07, 6.45) is 2.84. The number of aromatic nitrogens is 2. The maximum atomic E-state index is 13.2. The van der Waals surface area contributed by atoms with Crippen LogP contribution in [0.3, 0.4) is 0 Å². The molecule has 0 radical (unpaired) electrons. The van der Waals surface area contributed by atoms with E-state index in [1.54, 1.807) is 6.92 Å². The van der Waals surface area contributed by atoms with Gasteiger partial charge in [0.1, 0.15) is 11.5 Å². The van der Waals surface area contributed by atoms with Crippen LogP contribution >= 0.6 is 0 Å². The van der Waals surface area contributed by atoms with E-state index < -0.39 is 11.7 Å². The molecule has 1 aromatic carbocycles. The molecule has 5 nitrogen and oxygen atoms in total. The summed E-state index contributed by atoms with van der Waals surface area (Å²) in [6, 6.07) is 4.04. The van der Waals surface area contributed by atoms with E-state index in [0.29, 0.717) is 11.4 Å². The highest BCUT2D eigenvalue weighted by atomic mass is 19.1. The lowest BCUT2D eigenvalue weighted by Crippen LogP contribution is -2.14. The Bertz CT molecular complexity index is 583. The van der Waals surface area contributed by atoms with E-state index in [0.717, 1.165) is 6.07 Å². The Morgan fingerprint density at radius 1 is 1.33 bits per heavy atom. The Balaban J connectivity index is 2.16. The minimum absolute atomic E-state index is 0.0307. The van der Waals surface area contributed by atoms with E-state index in [4.69, 9.17) is 5.73 Å². The largest absolute Gasteiger partial charge is 0.396 e. The number of aryl methyl sites for hydroxylation is 1. The minimum Gasteiger partial charge on any atom is -0.396 e. The van der Waals surface area contributed by atoms with Gasteiger partial charge in [-0.3, -0.25) is 9.78 Å². The number of anilines is 2. The number of carbonyl (C=O) groups is 1. The molecular formula is C12H11FN4O. The number of amides is 1. The van der Waals surface area contributed by atoms with Crippen LogP contribution in [0.1, 0.15) is 16.2 Å². The van der Waals surface area contributed by atoms with E-state index in [9.17, 15) is 9.18 Å². The zero-order valence-corrected chi connectivity index (χ0v) is 9.64. The zero-order valence-electron chi connectivity index (χ0n) is 9.64. The lowest BCUT2D eigenvalue weighted by atomic mass is 10.2. The third kappa shape index (κ3) is 2.60. The lowest BCUT2D eigenvalue weighted by molar-refractivity contribution is 0.102. The first-order valence-electron chi connectivity index (χ1n) is 5.21. The van der Waals surface area contributed by atoms with Crippen molar-refractivity contribution in [2.24, 2.45) is 0 Å². The molecule has 1 aromatic heterocycles. The third-order valence-corrected chi connectivity index (χ3v) is 2.27. The summed E-state index contributed by atoms with van der Waals surface area (Å²) in [5.41, 5.74) is 6.56. The summed E-state index contributed by atoms with van der Waals surface area (Å²) in [6.45, 7) is 1.77. The smallest absolute Gasteiger partial charge is 0.275 e. The highest BCUT2D eigenvalue weighted by Crippen LogP contribution is 2.16. The molecular weight excluding hydrogens is 235 g/mol. The molecule has 1 amide bonds. The number of rotatable bonds is 2. The number of nitrogens with two attached hydrogens (primary N) is 1. The van der Waals surface area contributed by atoms with Crippen LogP contribution in [0.2, 0.25) is 0 Å². The molecule has 2 aromatic rings. The van der Waals surface area contributed by atoms with Gasteiger partial charge in [0, 0.05) is 11.9 Å². The normalized spacial score (nSPS) is 10.1. The fraction of sp³-hybridized carbons (Fsp3) is 0.0833. The van der Waals surface area contributed by atoms with Crippen LogP contribution in [0, 0.1) is 12.7 Å². The van der Waals surface area contributed by atoms with E-state index in [-0.39, 0.29) is 11.4 Å². The molecule has 0 aliphatic carbocycles. The number of hydrogen-bond donors (Lipinski definition) is 2. The summed E-state index contributed by atoms with van der Waals surface area (Å²) in [5.74, 6) is -1.03. The van der Waals surface area contributed by atoms with Gasteiger partial charge in [0.2, 0.25) is 0 Å². The van der Waals surface area contributed by atoms with Crippen LogP contribution in [0.25, 0.3) is 0 Å². The quantitative estimate of drug-likeness (QED) is 0.791. The second-order valence-corrected chi connectivity index (χ2v) is 3.73. The van der Waals surface area contributed by atoms with Gasteiger partial charge in [0.05, 0.1) is 17.6 Å². The van der Waals surface area contributed by atoms with Crippen LogP contribution < -0.4 is 11.1 Å². The number of hydrogen-bond acceptors (Lipinski definition) is 4. The number of nitrogens with zero attached hydrogens (tertiary/aromatic N) is 2. The van der Waals surface area contributed by atoms with Crippen molar-refractivity contribution in [3.8, 4) is 0 Å². The van der Waals surface area contributed by atoms with Crippen molar-refractivity contribution in [1.82, 2.24) is 9.97 Å². The summed E-state index contributed by atoms with van der Waals surface area (Å²) < 4.78 is 13.2. The number of nitrogen functional groups attached to an aromatic ring is 1. The Kier molecular flexibility index (Phi) is 3.18. The minimum atomic E-state index is -0.581. The van der Waals surface area contributed by atoms with Gasteiger partial charge in [-0.1, -0.05) is 0 Å². The van der Waals surface area contributed by atoms with Gasteiger partial charge in [0.15, 0.2) is 0 Å². The Morgan fingerprint density at radius 3 is 2.72 bits per heavy atom. The Morgan fingerprint density at radius 2 is 2.11 bits per heavy atom. The third-order valence-electron chi connectivity index (χ3n) is 2.27. The van der Waals surface area contributed by atoms with E-state index in [1.165, 1.54) is 24.5 Å². The average molecular weight is 246 g/mol. The van der Waals surface area contributed by atoms with Crippen molar-refractivity contribution in [3.05, 3.63) is 47.8 Å². The number of nitrogens with one attached hydrogen (secondary N) is 1. The molecule has 0 spiro atoms. The molecule has 6 heteroatoms. The lowest BCUT2D eigenvalue weighted by Gasteiger charge is -2.05. The van der Waals surface area contributed by atoms with Crippen molar-refractivity contribution in [2.45, 2.75) is 6.92 Å². The van der Waals surface area contributed by atoms with Gasteiger partial charge < -0.3 is 11.1 Å².